The zero-order chi connectivity index (χ0) is 18.3. The summed E-state index contributed by atoms with van der Waals surface area (Å²) in [6.45, 7) is 4.58. The summed E-state index contributed by atoms with van der Waals surface area (Å²) >= 11 is 1.53. The minimum absolute atomic E-state index is 0.0155. The first-order valence-electron chi connectivity index (χ1n) is 8.80. The minimum atomic E-state index is -0.0254. The molecule has 6 nitrogen and oxygen atoms in total. The van der Waals surface area contributed by atoms with Crippen LogP contribution < -0.4 is 4.90 Å². The Labute approximate surface area is 156 Å². The van der Waals surface area contributed by atoms with Gasteiger partial charge in [-0.25, -0.2) is 0 Å². The van der Waals surface area contributed by atoms with Crippen molar-refractivity contribution in [2.24, 2.45) is 0 Å². The monoisotopic (exact) mass is 371 g/mol. The molecule has 4 rings (SSSR count). The average molecular weight is 371 g/mol. The van der Waals surface area contributed by atoms with Crippen molar-refractivity contribution in [2.75, 3.05) is 23.7 Å². The molecule has 0 aliphatic carbocycles. The second-order valence-corrected chi connectivity index (χ2v) is 7.74. The van der Waals surface area contributed by atoms with E-state index < -0.39 is 0 Å². The quantitative estimate of drug-likeness (QED) is 0.829. The number of para-hydroxylation sites is 1. The highest BCUT2D eigenvalue weighted by Gasteiger charge is 2.36. The molecule has 1 aromatic carbocycles. The van der Waals surface area contributed by atoms with Crippen molar-refractivity contribution in [3.05, 3.63) is 41.3 Å². The van der Waals surface area contributed by atoms with Gasteiger partial charge in [0, 0.05) is 17.0 Å². The third-order valence-corrected chi connectivity index (χ3v) is 6.14. The molecular formula is C19H21N3O3S. The fourth-order valence-electron chi connectivity index (χ4n) is 3.88. The smallest absolute Gasteiger partial charge is 0.243 e. The number of carbonyl (C=O) groups excluding carboxylic acids is 2. The number of amides is 2. The molecule has 2 aliphatic heterocycles. The van der Waals surface area contributed by atoms with E-state index in [2.05, 4.69) is 5.16 Å². The van der Waals surface area contributed by atoms with Gasteiger partial charge in [0.15, 0.2) is 0 Å². The maximum atomic E-state index is 13.1. The lowest BCUT2D eigenvalue weighted by Gasteiger charge is -2.31. The summed E-state index contributed by atoms with van der Waals surface area (Å²) in [6.07, 6.45) is 1.84. The fraction of sp³-hybridized carbons (Fsp3) is 0.421. The summed E-state index contributed by atoms with van der Waals surface area (Å²) in [5, 5.41) is 4.03. The summed E-state index contributed by atoms with van der Waals surface area (Å²) in [5.41, 5.74) is 2.68. The van der Waals surface area contributed by atoms with Crippen LogP contribution in [0.5, 0.6) is 0 Å². The van der Waals surface area contributed by atoms with Crippen LogP contribution in [-0.4, -0.2) is 40.7 Å². The number of fused-ring (bicyclic) bond motifs is 1. The summed E-state index contributed by atoms with van der Waals surface area (Å²) in [7, 11) is 0. The first-order valence-corrected chi connectivity index (χ1v) is 9.79. The number of hydrogen-bond acceptors (Lipinski definition) is 5. The Hall–Kier alpha value is -2.28. The third-order valence-electron chi connectivity index (χ3n) is 5.10. The highest BCUT2D eigenvalue weighted by Crippen LogP contribution is 2.37. The zero-order valence-corrected chi connectivity index (χ0v) is 15.7. The van der Waals surface area contributed by atoms with Gasteiger partial charge in [-0.2, -0.15) is 0 Å². The van der Waals surface area contributed by atoms with Crippen LogP contribution in [0.2, 0.25) is 0 Å². The first kappa shape index (κ1) is 17.1. The maximum Gasteiger partial charge on any atom is 0.243 e. The van der Waals surface area contributed by atoms with Crippen molar-refractivity contribution in [2.45, 2.75) is 37.6 Å². The van der Waals surface area contributed by atoms with Crippen LogP contribution in [0.4, 0.5) is 5.69 Å². The second kappa shape index (κ2) is 6.79. The Morgan fingerprint density at radius 3 is 2.92 bits per heavy atom. The molecule has 136 valence electrons. The standard InChI is InChI=1S/C19H21N3O3S/c1-12-19(13(2)25-20-12)15-7-5-9-21(15)17(23)10-22-14-6-3-4-8-16(14)26-11-18(22)24/h3-4,6,8,15H,5,7,9-11H2,1-2H3/t15-/m0/s1. The Bertz CT molecular complexity index is 844. The highest BCUT2D eigenvalue weighted by atomic mass is 32.2. The van der Waals surface area contributed by atoms with Gasteiger partial charge in [0.05, 0.1) is 23.2 Å². The molecule has 1 fully saturated rings. The fourth-order valence-corrected chi connectivity index (χ4v) is 4.82. The number of aryl methyl sites for hydroxylation is 2. The minimum Gasteiger partial charge on any atom is -0.361 e. The molecule has 26 heavy (non-hydrogen) atoms. The van der Waals surface area contributed by atoms with E-state index in [1.165, 1.54) is 11.8 Å². The molecule has 0 spiro atoms. The van der Waals surface area contributed by atoms with Crippen LogP contribution in [0, 0.1) is 13.8 Å². The van der Waals surface area contributed by atoms with E-state index >= 15 is 0 Å². The van der Waals surface area contributed by atoms with E-state index in [-0.39, 0.29) is 24.4 Å². The average Bonchev–Trinajstić information content (AvgIpc) is 3.23. The molecule has 2 amide bonds. The van der Waals surface area contributed by atoms with Crippen LogP contribution in [-0.2, 0) is 9.59 Å². The van der Waals surface area contributed by atoms with Gasteiger partial charge in [-0.1, -0.05) is 17.3 Å². The van der Waals surface area contributed by atoms with Gasteiger partial charge < -0.3 is 14.3 Å². The van der Waals surface area contributed by atoms with E-state index in [4.69, 9.17) is 4.52 Å². The van der Waals surface area contributed by atoms with Crippen molar-refractivity contribution in [3.8, 4) is 0 Å². The normalized spacial score (nSPS) is 19.8. The van der Waals surface area contributed by atoms with E-state index in [0.717, 1.165) is 40.4 Å². The lowest BCUT2D eigenvalue weighted by atomic mass is 10.0. The number of carbonyl (C=O) groups is 2. The largest absolute Gasteiger partial charge is 0.361 e. The van der Waals surface area contributed by atoms with Crippen LogP contribution in [0.25, 0.3) is 0 Å². The molecule has 1 aromatic heterocycles. The topological polar surface area (TPSA) is 66.7 Å². The predicted molar refractivity (Wildman–Crippen MR) is 99.2 cm³/mol. The number of aromatic nitrogens is 1. The number of benzene rings is 1. The van der Waals surface area contributed by atoms with E-state index in [1.54, 1.807) is 4.90 Å². The van der Waals surface area contributed by atoms with E-state index in [1.807, 2.05) is 43.0 Å². The molecule has 1 atom stereocenters. The number of likely N-dealkylation sites (tertiary alicyclic amines) is 1. The second-order valence-electron chi connectivity index (χ2n) is 6.72. The number of anilines is 1. The zero-order valence-electron chi connectivity index (χ0n) is 14.9. The van der Waals surface area contributed by atoms with Gasteiger partial charge in [-0.15, -0.1) is 11.8 Å². The highest BCUT2D eigenvalue weighted by molar-refractivity contribution is 8.00. The van der Waals surface area contributed by atoms with Crippen LogP contribution in [0.1, 0.15) is 35.9 Å². The maximum absolute atomic E-state index is 13.1. The van der Waals surface area contributed by atoms with Crippen molar-refractivity contribution in [3.63, 3.8) is 0 Å². The lowest BCUT2D eigenvalue weighted by Crippen LogP contribution is -2.44. The van der Waals surface area contributed by atoms with Crippen molar-refractivity contribution in [1.29, 1.82) is 0 Å². The van der Waals surface area contributed by atoms with Gasteiger partial charge >= 0.3 is 0 Å². The summed E-state index contributed by atoms with van der Waals surface area (Å²) in [4.78, 5) is 30.1. The molecule has 0 saturated carbocycles. The first-order chi connectivity index (χ1) is 12.6. The van der Waals surface area contributed by atoms with Gasteiger partial charge in [0.1, 0.15) is 12.3 Å². The van der Waals surface area contributed by atoms with Gasteiger partial charge in [0.25, 0.3) is 0 Å². The van der Waals surface area contributed by atoms with E-state index in [0.29, 0.717) is 12.3 Å². The van der Waals surface area contributed by atoms with Gasteiger partial charge in [0.2, 0.25) is 11.8 Å². The summed E-state index contributed by atoms with van der Waals surface area (Å²) < 4.78 is 5.29. The van der Waals surface area contributed by atoms with E-state index in [9.17, 15) is 9.59 Å². The lowest BCUT2D eigenvalue weighted by molar-refractivity contribution is -0.132. The Kier molecular flexibility index (Phi) is 4.48. The van der Waals surface area contributed by atoms with Crippen LogP contribution in [0.15, 0.2) is 33.7 Å². The molecule has 2 aromatic rings. The SMILES string of the molecule is Cc1noc(C)c1[C@@H]1CCCN1C(=O)CN1C(=O)CSc2ccccc21. The third kappa shape index (κ3) is 2.90. The number of rotatable bonds is 3. The van der Waals surface area contributed by atoms with Gasteiger partial charge in [-0.3, -0.25) is 9.59 Å². The predicted octanol–water partition coefficient (Wildman–Crippen LogP) is 3.09. The van der Waals surface area contributed by atoms with Crippen molar-refractivity contribution in [1.82, 2.24) is 10.1 Å². The summed E-state index contributed by atoms with van der Waals surface area (Å²) in [6, 6.07) is 7.74. The Morgan fingerprint density at radius 1 is 1.35 bits per heavy atom. The van der Waals surface area contributed by atoms with Gasteiger partial charge in [-0.05, 0) is 38.8 Å². The van der Waals surface area contributed by atoms with Crippen molar-refractivity contribution >= 4 is 29.3 Å². The van der Waals surface area contributed by atoms with Crippen LogP contribution in [0.3, 0.4) is 0 Å². The molecule has 1 saturated heterocycles. The molecule has 0 unspecified atom stereocenters. The molecule has 3 heterocycles. The molecule has 7 heteroatoms. The Balaban J connectivity index is 1.57. The molecular weight excluding hydrogens is 350 g/mol. The Morgan fingerprint density at radius 2 is 2.15 bits per heavy atom. The molecule has 0 bridgehead atoms. The number of thioether (sulfide) groups is 1. The molecule has 2 aliphatic rings. The van der Waals surface area contributed by atoms with Crippen molar-refractivity contribution < 1.29 is 14.1 Å². The van der Waals surface area contributed by atoms with Crippen LogP contribution >= 0.6 is 11.8 Å². The summed E-state index contributed by atoms with van der Waals surface area (Å²) in [5.74, 6) is 1.10. The number of hydrogen-bond donors (Lipinski definition) is 0. The molecule has 0 N–H and O–H groups in total. The number of nitrogens with zero attached hydrogens (tertiary/aromatic N) is 3. The molecule has 0 radical (unpaired) electrons.